The van der Waals surface area contributed by atoms with Gasteiger partial charge >= 0.3 is 35.8 Å². The van der Waals surface area contributed by atoms with E-state index in [4.69, 9.17) is 28.6 Å². The average molecular weight is 985 g/mol. The number of esters is 4. The van der Waals surface area contributed by atoms with Crippen molar-refractivity contribution >= 4 is 35.8 Å². The average Bonchev–Trinajstić information content (AvgIpc) is 3.27. The minimum atomic E-state index is -0.828. The number of hydrogen-bond acceptors (Lipinski definition) is 14. The second-order valence-electron chi connectivity index (χ2n) is 19.1. The molecule has 0 aliphatic carbocycles. The zero-order chi connectivity index (χ0) is 51.8. The number of quaternary nitrogens is 2. The summed E-state index contributed by atoms with van der Waals surface area (Å²) < 4.78 is 21.3. The van der Waals surface area contributed by atoms with E-state index in [0.717, 1.165) is 116 Å². The van der Waals surface area contributed by atoms with E-state index >= 15 is 0 Å². The van der Waals surface area contributed by atoms with Crippen molar-refractivity contribution in [3.63, 3.8) is 0 Å². The molecule has 4 atom stereocenters. The maximum absolute atomic E-state index is 12.7. The molecule has 0 amide bonds. The largest absolute Gasteiger partial charge is 0.462 e. The van der Waals surface area contributed by atoms with Crippen LogP contribution in [0.4, 0.5) is 0 Å². The summed E-state index contributed by atoms with van der Waals surface area (Å²) in [6.45, 7) is 7.56. The normalized spacial score (nSPS) is 13.7. The van der Waals surface area contributed by atoms with Crippen LogP contribution in [-0.2, 0) is 57.4 Å². The molecule has 0 heterocycles. The summed E-state index contributed by atoms with van der Waals surface area (Å²) in [5.41, 5.74) is 0. The van der Waals surface area contributed by atoms with Gasteiger partial charge in [0, 0.05) is 19.3 Å². The summed E-state index contributed by atoms with van der Waals surface area (Å²) in [6, 6.07) is 0. The summed E-state index contributed by atoms with van der Waals surface area (Å²) in [6.07, 6.45) is 25.3. The van der Waals surface area contributed by atoms with Crippen LogP contribution in [0.2, 0.25) is 0 Å². The Morgan fingerprint density at radius 3 is 1.22 bits per heavy atom. The highest BCUT2D eigenvalue weighted by atomic mass is 16.7. The van der Waals surface area contributed by atoms with Gasteiger partial charge in [-0.1, -0.05) is 116 Å². The summed E-state index contributed by atoms with van der Waals surface area (Å²) >= 11 is 0. The maximum atomic E-state index is 12.7. The number of nitrogens with zero attached hydrogens (tertiary/aromatic N) is 2. The van der Waals surface area contributed by atoms with Crippen LogP contribution in [0.25, 0.3) is 0 Å². The highest BCUT2D eigenvalue weighted by molar-refractivity contribution is 5.72. The van der Waals surface area contributed by atoms with E-state index < -0.39 is 42.3 Å². The third kappa shape index (κ3) is 38.6. The fourth-order valence-corrected chi connectivity index (χ4v) is 7.40. The van der Waals surface area contributed by atoms with Crippen molar-refractivity contribution in [1.82, 2.24) is 0 Å². The number of hydroxylamine groups is 6. The molecule has 0 saturated carbocycles. The number of carbonyl (C=O) groups is 6. The van der Waals surface area contributed by atoms with Crippen LogP contribution < -0.4 is 0 Å². The Bertz CT molecular complexity index is 1470. The molecule has 0 saturated heterocycles. The van der Waals surface area contributed by atoms with Gasteiger partial charge in [-0.25, -0.2) is 19.2 Å². The van der Waals surface area contributed by atoms with Gasteiger partial charge in [0.15, 0.2) is 0 Å². The van der Waals surface area contributed by atoms with E-state index in [0.29, 0.717) is 44.9 Å². The second-order valence-corrected chi connectivity index (χ2v) is 19.1. The van der Waals surface area contributed by atoms with Crippen LogP contribution in [0.15, 0.2) is 24.3 Å². The van der Waals surface area contributed by atoms with Gasteiger partial charge in [-0.05, 0) is 83.5 Å². The van der Waals surface area contributed by atoms with Gasteiger partial charge in [0.05, 0.1) is 18.6 Å². The Hall–Kier alpha value is -3.86. The van der Waals surface area contributed by atoms with Crippen LogP contribution in [-0.4, -0.2) is 134 Å². The molecule has 16 heteroatoms. The molecule has 2 N–H and O–H groups in total. The lowest BCUT2D eigenvalue weighted by atomic mass is 10.0. The first kappa shape index (κ1) is 65.1. The van der Waals surface area contributed by atoms with Gasteiger partial charge in [0.25, 0.3) is 0 Å². The molecule has 0 radical (unpaired) electrons. The first-order valence-corrected chi connectivity index (χ1v) is 26.4. The van der Waals surface area contributed by atoms with Gasteiger partial charge in [0.1, 0.15) is 53.6 Å². The number of allylic oxidation sites excluding steroid dienone is 2. The fraction of sp³-hybridized carbons (Fsp3) is 0.811. The van der Waals surface area contributed by atoms with E-state index in [9.17, 15) is 39.0 Å². The SMILES string of the molecule is CCCCCC(OC(=O)C[N+](C)(C)OC(=O)CC)C(O)C/C=C\CCCCCCCC(=O)OCCOC(=O)CCCCCCC/C=C\CC(O)C(CCCCC)OC(=O)C[N+](C)(C)OC(=O)CCC. The third-order valence-electron chi connectivity index (χ3n) is 11.3. The summed E-state index contributed by atoms with van der Waals surface area (Å²) in [4.78, 5) is 83.9. The van der Waals surface area contributed by atoms with Crippen molar-refractivity contribution in [1.29, 1.82) is 0 Å². The van der Waals surface area contributed by atoms with Gasteiger partial charge in [-0.3, -0.25) is 19.3 Å². The number of hydrogen-bond donors (Lipinski definition) is 2. The number of aliphatic hydroxyl groups excluding tert-OH is 2. The van der Waals surface area contributed by atoms with Crippen LogP contribution in [0, 0.1) is 0 Å². The molecule has 16 nitrogen and oxygen atoms in total. The molecule has 0 aliphatic heterocycles. The van der Waals surface area contributed by atoms with E-state index in [1.807, 2.05) is 31.2 Å². The lowest BCUT2D eigenvalue weighted by Gasteiger charge is -2.27. The Morgan fingerprint density at radius 1 is 0.435 bits per heavy atom. The Morgan fingerprint density at radius 2 is 0.826 bits per heavy atom. The van der Waals surface area contributed by atoms with Crippen molar-refractivity contribution in [3.05, 3.63) is 24.3 Å². The van der Waals surface area contributed by atoms with Crippen LogP contribution in [0.3, 0.4) is 0 Å². The molecule has 4 unspecified atom stereocenters. The zero-order valence-corrected chi connectivity index (χ0v) is 44.2. The number of unbranched alkanes of at least 4 members (excludes halogenated alkanes) is 14. The van der Waals surface area contributed by atoms with E-state index in [2.05, 4.69) is 13.8 Å². The van der Waals surface area contributed by atoms with E-state index in [-0.39, 0.29) is 66.3 Å². The highest BCUT2D eigenvalue weighted by Crippen LogP contribution is 2.18. The number of rotatable bonds is 44. The van der Waals surface area contributed by atoms with Crippen molar-refractivity contribution in [2.45, 2.75) is 225 Å². The van der Waals surface area contributed by atoms with E-state index in [1.165, 1.54) is 0 Å². The molecule has 0 rings (SSSR count). The van der Waals surface area contributed by atoms with Gasteiger partial charge in [0.2, 0.25) is 13.1 Å². The van der Waals surface area contributed by atoms with Crippen molar-refractivity contribution < 1.29 is 76.9 Å². The lowest BCUT2D eigenvalue weighted by molar-refractivity contribution is -1.05. The zero-order valence-electron chi connectivity index (χ0n) is 44.2. The number of ether oxygens (including phenoxy) is 4. The molecule has 0 bridgehead atoms. The highest BCUT2D eigenvalue weighted by Gasteiger charge is 2.32. The molecule has 400 valence electrons. The molecule has 0 aliphatic rings. The van der Waals surface area contributed by atoms with Gasteiger partial charge in [-0.15, -0.1) is 9.29 Å². The first-order chi connectivity index (χ1) is 32.9. The fourth-order valence-electron chi connectivity index (χ4n) is 7.40. The van der Waals surface area contributed by atoms with Crippen LogP contribution in [0.1, 0.15) is 201 Å². The Labute approximate surface area is 415 Å². The van der Waals surface area contributed by atoms with Crippen molar-refractivity contribution in [2.24, 2.45) is 0 Å². The number of carbonyl (C=O) groups excluding carboxylic acids is 6. The first-order valence-electron chi connectivity index (χ1n) is 26.4. The molecule has 0 aromatic rings. The molecular formula is C53H96N2O14+2. The molecule has 0 aromatic heterocycles. The maximum Gasteiger partial charge on any atom is 0.366 e. The summed E-state index contributed by atoms with van der Waals surface area (Å²) in [7, 11) is 6.48. The van der Waals surface area contributed by atoms with Gasteiger partial charge < -0.3 is 29.2 Å². The molecule has 69 heavy (non-hydrogen) atoms. The number of likely N-dealkylation sites (N-methyl/N-ethyl adjacent to an activating group) is 2. The quantitative estimate of drug-likeness (QED) is 0.0146. The summed E-state index contributed by atoms with van der Waals surface area (Å²) in [5.74, 6) is -2.41. The predicted octanol–water partition coefficient (Wildman–Crippen LogP) is 9.41. The topological polar surface area (TPSA) is 198 Å². The van der Waals surface area contributed by atoms with Crippen LogP contribution in [0.5, 0.6) is 0 Å². The van der Waals surface area contributed by atoms with E-state index in [1.54, 1.807) is 35.1 Å². The number of aliphatic hydroxyl groups is 2. The van der Waals surface area contributed by atoms with Crippen LogP contribution >= 0.6 is 0 Å². The molecular weight excluding hydrogens is 889 g/mol. The van der Waals surface area contributed by atoms with Crippen molar-refractivity contribution in [3.8, 4) is 0 Å². The van der Waals surface area contributed by atoms with Gasteiger partial charge in [-0.2, -0.15) is 0 Å². The van der Waals surface area contributed by atoms with Crippen molar-refractivity contribution in [2.75, 3.05) is 54.5 Å². The third-order valence-corrected chi connectivity index (χ3v) is 11.3. The summed E-state index contributed by atoms with van der Waals surface area (Å²) in [5, 5.41) is 21.7. The second kappa shape index (κ2) is 40.8. The molecule has 0 spiro atoms. The Kier molecular flexibility index (Phi) is 38.5. The Balaban J connectivity index is 4.13. The molecule has 0 fully saturated rings. The minimum Gasteiger partial charge on any atom is -0.462 e. The predicted molar refractivity (Wildman–Crippen MR) is 265 cm³/mol. The molecule has 0 aromatic carbocycles. The monoisotopic (exact) mass is 985 g/mol. The lowest BCUT2D eigenvalue weighted by Crippen LogP contribution is -2.47. The minimum absolute atomic E-state index is 0.0475. The smallest absolute Gasteiger partial charge is 0.366 e. The standard InChI is InChI=1S/C53H96N2O14/c1-9-13-27-36-46(66-52(62)42-54(5,6)68-48(58)12-4)44(56)34-29-23-19-15-17-21-25-31-38-49(59)64-40-41-65-50(60)39-32-26-22-18-16-20-24-30-35-45(57)47(37-28-14-10-2)67-53(63)43-55(7,8)69-51(61)33-11-3/h23-24,29-30,44-47,56-57H,9-22,25-28,31-43H2,1-8H3/q+2/b29-23-,30-24-.